The Balaban J connectivity index is 2.35. The molecule has 1 unspecified atom stereocenters. The van der Waals surface area contributed by atoms with E-state index in [0.29, 0.717) is 23.1 Å². The van der Waals surface area contributed by atoms with E-state index in [1.54, 1.807) is 12.3 Å². The van der Waals surface area contributed by atoms with Crippen molar-refractivity contribution in [3.8, 4) is 0 Å². The van der Waals surface area contributed by atoms with Crippen LogP contribution in [0.15, 0.2) is 12.3 Å². The first-order chi connectivity index (χ1) is 7.49. The van der Waals surface area contributed by atoms with Crippen molar-refractivity contribution in [1.82, 2.24) is 10.3 Å². The number of nitrogens with one attached hydrogen (secondary N) is 2. The van der Waals surface area contributed by atoms with Gasteiger partial charge in [0.05, 0.1) is 11.1 Å². The molecule has 1 aromatic rings. The normalized spacial score (nSPS) is 12.8. The molecule has 1 heterocycles. The zero-order valence-corrected chi connectivity index (χ0v) is 10.2. The number of carbonyl (C=O) groups excluding carboxylic acids is 1. The van der Waals surface area contributed by atoms with Gasteiger partial charge in [0.2, 0.25) is 0 Å². The van der Waals surface area contributed by atoms with Crippen LogP contribution in [-0.2, 0) is 0 Å². The third-order valence-electron chi connectivity index (χ3n) is 2.13. The van der Waals surface area contributed by atoms with E-state index in [9.17, 15) is 9.90 Å². The minimum absolute atomic E-state index is 0.255. The molecule has 16 heavy (non-hydrogen) atoms. The van der Waals surface area contributed by atoms with Crippen molar-refractivity contribution in [2.75, 3.05) is 6.54 Å². The number of halogens is 1. The highest BCUT2D eigenvalue weighted by atomic mass is 35.5. The van der Waals surface area contributed by atoms with Crippen molar-refractivity contribution in [2.45, 2.75) is 26.4 Å². The van der Waals surface area contributed by atoms with Crippen LogP contribution in [0.25, 0.3) is 0 Å². The summed E-state index contributed by atoms with van der Waals surface area (Å²) in [5.74, 6) is 0.154. The predicted octanol–water partition coefficient (Wildman–Crippen LogP) is 1.80. The first-order valence-corrected chi connectivity index (χ1v) is 5.67. The maximum absolute atomic E-state index is 11.5. The van der Waals surface area contributed by atoms with Gasteiger partial charge in [-0.2, -0.15) is 0 Å². The quantitative estimate of drug-likeness (QED) is 0.740. The predicted molar refractivity (Wildman–Crippen MR) is 63.6 cm³/mol. The van der Waals surface area contributed by atoms with Crippen molar-refractivity contribution in [3.63, 3.8) is 0 Å². The molecule has 0 aromatic carbocycles. The average molecular weight is 245 g/mol. The third kappa shape index (κ3) is 4.24. The number of H-pyrrole nitrogens is 1. The van der Waals surface area contributed by atoms with Crippen LogP contribution in [0.2, 0.25) is 5.02 Å². The SMILES string of the molecule is CC(C)CC(O)CNC(=O)c1cc(Cl)c[nH]1. The van der Waals surface area contributed by atoms with Crippen molar-refractivity contribution < 1.29 is 9.90 Å². The highest BCUT2D eigenvalue weighted by molar-refractivity contribution is 6.30. The Bertz CT molecular complexity index is 350. The van der Waals surface area contributed by atoms with Crippen molar-refractivity contribution in [2.24, 2.45) is 5.92 Å². The van der Waals surface area contributed by atoms with Gasteiger partial charge in [-0.05, 0) is 18.4 Å². The van der Waals surface area contributed by atoms with E-state index in [2.05, 4.69) is 10.3 Å². The topological polar surface area (TPSA) is 65.1 Å². The lowest BCUT2D eigenvalue weighted by Crippen LogP contribution is -2.32. The summed E-state index contributed by atoms with van der Waals surface area (Å²) >= 11 is 5.68. The number of carbonyl (C=O) groups is 1. The van der Waals surface area contributed by atoms with Crippen molar-refractivity contribution in [3.05, 3.63) is 23.0 Å². The van der Waals surface area contributed by atoms with E-state index >= 15 is 0 Å². The highest BCUT2D eigenvalue weighted by Crippen LogP contribution is 2.09. The number of aromatic amines is 1. The minimum atomic E-state index is -0.505. The number of hydrogen-bond acceptors (Lipinski definition) is 2. The molecule has 5 heteroatoms. The summed E-state index contributed by atoms with van der Waals surface area (Å²) in [7, 11) is 0. The maximum atomic E-state index is 11.5. The van der Waals surface area contributed by atoms with E-state index in [0.717, 1.165) is 0 Å². The summed E-state index contributed by atoms with van der Waals surface area (Å²) in [6.07, 6.45) is 1.71. The van der Waals surface area contributed by atoms with Crippen molar-refractivity contribution >= 4 is 17.5 Å². The van der Waals surface area contributed by atoms with Gasteiger partial charge in [0.1, 0.15) is 5.69 Å². The molecule has 90 valence electrons. The van der Waals surface area contributed by atoms with E-state index in [4.69, 9.17) is 11.6 Å². The molecule has 0 saturated carbocycles. The number of aliphatic hydroxyl groups excluding tert-OH is 1. The first-order valence-electron chi connectivity index (χ1n) is 5.29. The molecule has 0 saturated heterocycles. The first kappa shape index (κ1) is 13.1. The van der Waals surface area contributed by atoms with Gasteiger partial charge in [0.25, 0.3) is 5.91 Å². The molecule has 0 aliphatic rings. The Hall–Kier alpha value is -1.00. The molecule has 1 aromatic heterocycles. The van der Waals surface area contributed by atoms with Gasteiger partial charge in [-0.15, -0.1) is 0 Å². The van der Waals surface area contributed by atoms with E-state index in [1.807, 2.05) is 13.8 Å². The smallest absolute Gasteiger partial charge is 0.267 e. The fourth-order valence-electron chi connectivity index (χ4n) is 1.43. The fourth-order valence-corrected chi connectivity index (χ4v) is 1.60. The van der Waals surface area contributed by atoms with E-state index in [1.165, 1.54) is 0 Å². The largest absolute Gasteiger partial charge is 0.391 e. The minimum Gasteiger partial charge on any atom is -0.391 e. The molecular weight excluding hydrogens is 228 g/mol. The third-order valence-corrected chi connectivity index (χ3v) is 2.35. The Morgan fingerprint density at radius 1 is 1.62 bits per heavy atom. The van der Waals surface area contributed by atoms with Gasteiger partial charge in [-0.1, -0.05) is 25.4 Å². The van der Waals surface area contributed by atoms with Crippen LogP contribution in [0.1, 0.15) is 30.8 Å². The van der Waals surface area contributed by atoms with Crippen LogP contribution >= 0.6 is 11.6 Å². The van der Waals surface area contributed by atoms with Crippen LogP contribution in [-0.4, -0.2) is 28.6 Å². The molecular formula is C11H17ClN2O2. The van der Waals surface area contributed by atoms with Crippen LogP contribution in [0, 0.1) is 5.92 Å². The second-order valence-corrected chi connectivity index (χ2v) is 4.66. The van der Waals surface area contributed by atoms with Gasteiger partial charge in [0.15, 0.2) is 0 Å². The summed E-state index contributed by atoms with van der Waals surface area (Å²) in [4.78, 5) is 14.3. The van der Waals surface area contributed by atoms with Gasteiger partial charge in [-0.3, -0.25) is 4.79 Å². The number of aromatic nitrogens is 1. The zero-order valence-electron chi connectivity index (χ0n) is 9.46. The zero-order chi connectivity index (χ0) is 12.1. The number of amides is 1. The molecule has 0 spiro atoms. The van der Waals surface area contributed by atoms with Crippen LogP contribution in [0.3, 0.4) is 0 Å². The maximum Gasteiger partial charge on any atom is 0.267 e. The Morgan fingerprint density at radius 3 is 2.81 bits per heavy atom. The highest BCUT2D eigenvalue weighted by Gasteiger charge is 2.11. The Labute approximate surface area is 100 Å². The number of hydrogen-bond donors (Lipinski definition) is 3. The molecule has 0 bridgehead atoms. The molecule has 1 amide bonds. The standard InChI is InChI=1S/C11H17ClN2O2/c1-7(2)3-9(15)6-14-11(16)10-4-8(12)5-13-10/h4-5,7,9,13,15H,3,6H2,1-2H3,(H,14,16). The molecule has 3 N–H and O–H groups in total. The lowest BCUT2D eigenvalue weighted by atomic mass is 10.1. The molecule has 0 aliphatic carbocycles. The van der Waals surface area contributed by atoms with Gasteiger partial charge in [-0.25, -0.2) is 0 Å². The summed E-state index contributed by atoms with van der Waals surface area (Å²) in [6.45, 7) is 4.30. The fraction of sp³-hybridized carbons (Fsp3) is 0.545. The lowest BCUT2D eigenvalue weighted by molar-refractivity contribution is 0.0896. The van der Waals surface area contributed by atoms with E-state index in [-0.39, 0.29) is 12.5 Å². The van der Waals surface area contributed by atoms with Crippen LogP contribution < -0.4 is 5.32 Å². The molecule has 1 rings (SSSR count). The number of aliphatic hydroxyl groups is 1. The van der Waals surface area contributed by atoms with Crippen LogP contribution in [0.5, 0.6) is 0 Å². The average Bonchev–Trinajstić information content (AvgIpc) is 2.60. The van der Waals surface area contributed by atoms with Crippen molar-refractivity contribution in [1.29, 1.82) is 0 Å². The number of rotatable bonds is 5. The van der Waals surface area contributed by atoms with Gasteiger partial charge in [0, 0.05) is 12.7 Å². The molecule has 1 atom stereocenters. The Kier molecular flexibility index (Phi) is 4.83. The summed E-state index contributed by atoms with van der Waals surface area (Å²) in [5.41, 5.74) is 0.404. The second-order valence-electron chi connectivity index (χ2n) is 4.22. The van der Waals surface area contributed by atoms with E-state index < -0.39 is 6.10 Å². The van der Waals surface area contributed by atoms with Crippen LogP contribution in [0.4, 0.5) is 0 Å². The summed E-state index contributed by atoms with van der Waals surface area (Å²) < 4.78 is 0. The molecule has 4 nitrogen and oxygen atoms in total. The Morgan fingerprint density at radius 2 is 2.31 bits per heavy atom. The second kappa shape index (κ2) is 5.92. The van der Waals surface area contributed by atoms with Gasteiger partial charge >= 0.3 is 0 Å². The molecule has 0 aliphatic heterocycles. The van der Waals surface area contributed by atoms with Gasteiger partial charge < -0.3 is 15.4 Å². The molecule has 0 radical (unpaired) electrons. The summed E-state index contributed by atoms with van der Waals surface area (Å²) in [6, 6.07) is 1.55. The summed E-state index contributed by atoms with van der Waals surface area (Å²) in [5, 5.41) is 12.7. The monoisotopic (exact) mass is 244 g/mol. The molecule has 0 fully saturated rings. The lowest BCUT2D eigenvalue weighted by Gasteiger charge is -2.13.